The van der Waals surface area contributed by atoms with Crippen molar-refractivity contribution in [3.05, 3.63) is 23.7 Å². The Kier molecular flexibility index (Phi) is 4.80. The van der Waals surface area contributed by atoms with E-state index >= 15 is 0 Å². The first kappa shape index (κ1) is 16.5. The molecular weight excluding hydrogens is 288 g/mol. The van der Waals surface area contributed by atoms with Crippen LogP contribution in [0.5, 0.6) is 0 Å². The van der Waals surface area contributed by atoms with E-state index in [4.69, 9.17) is 4.42 Å². The lowest BCUT2D eigenvalue weighted by atomic mass is 10.1. The molecule has 2 rings (SSSR count). The molecule has 0 bridgehead atoms. The van der Waals surface area contributed by atoms with Gasteiger partial charge in [0.25, 0.3) is 0 Å². The third-order valence-corrected chi connectivity index (χ3v) is 5.60. The van der Waals surface area contributed by atoms with Crippen LogP contribution in [0.1, 0.15) is 39.0 Å². The first-order valence-corrected chi connectivity index (χ1v) is 9.23. The van der Waals surface area contributed by atoms with Gasteiger partial charge in [-0.3, -0.25) is 4.90 Å². The molecule has 1 unspecified atom stereocenters. The maximum Gasteiger partial charge on any atom is 0.153 e. The highest BCUT2D eigenvalue weighted by atomic mass is 32.2. The minimum atomic E-state index is -2.87. The van der Waals surface area contributed by atoms with Crippen LogP contribution in [0.25, 0.3) is 0 Å². The van der Waals surface area contributed by atoms with Gasteiger partial charge >= 0.3 is 0 Å². The highest BCUT2D eigenvalue weighted by molar-refractivity contribution is 7.91. The number of nitrogens with zero attached hydrogens (tertiary/aromatic N) is 1. The standard InChI is InChI=1S/C15H26N2O3S/c1-12-11-21(18,19)8-6-17(12)10-14-13(5-7-20-14)9-16-15(2,3)4/h5,7,12,16H,6,8-11H2,1-4H3. The van der Waals surface area contributed by atoms with Crippen LogP contribution in [0.3, 0.4) is 0 Å². The Hall–Kier alpha value is -0.850. The summed E-state index contributed by atoms with van der Waals surface area (Å²) in [5.41, 5.74) is 1.20. The van der Waals surface area contributed by atoms with Crippen LogP contribution < -0.4 is 5.32 Å². The van der Waals surface area contributed by atoms with Gasteiger partial charge < -0.3 is 9.73 Å². The largest absolute Gasteiger partial charge is 0.468 e. The van der Waals surface area contributed by atoms with Gasteiger partial charge in [-0.05, 0) is 33.8 Å². The molecular formula is C15H26N2O3S. The zero-order valence-corrected chi connectivity index (χ0v) is 14.2. The molecule has 6 heteroatoms. The summed E-state index contributed by atoms with van der Waals surface area (Å²) in [5.74, 6) is 1.41. The topological polar surface area (TPSA) is 62.6 Å². The molecule has 21 heavy (non-hydrogen) atoms. The van der Waals surface area contributed by atoms with Gasteiger partial charge in [0.1, 0.15) is 5.76 Å². The molecule has 0 aliphatic carbocycles. The lowest BCUT2D eigenvalue weighted by Gasteiger charge is -2.32. The van der Waals surface area contributed by atoms with Crippen LogP contribution in [-0.2, 0) is 22.9 Å². The van der Waals surface area contributed by atoms with Gasteiger partial charge in [-0.1, -0.05) is 0 Å². The average Bonchev–Trinajstić information content (AvgIpc) is 2.76. The van der Waals surface area contributed by atoms with Crippen LogP contribution >= 0.6 is 0 Å². The number of nitrogens with one attached hydrogen (secondary N) is 1. The molecule has 1 saturated heterocycles. The average molecular weight is 314 g/mol. The van der Waals surface area contributed by atoms with Crippen molar-refractivity contribution in [2.24, 2.45) is 0 Å². The second kappa shape index (κ2) is 6.10. The molecule has 0 radical (unpaired) electrons. The van der Waals surface area contributed by atoms with Crippen molar-refractivity contribution in [3.63, 3.8) is 0 Å². The van der Waals surface area contributed by atoms with Crippen molar-refractivity contribution in [2.75, 3.05) is 18.1 Å². The predicted molar refractivity (Wildman–Crippen MR) is 83.8 cm³/mol. The number of hydrogen-bond acceptors (Lipinski definition) is 5. The van der Waals surface area contributed by atoms with Crippen molar-refractivity contribution in [1.29, 1.82) is 0 Å². The SMILES string of the molecule is CC1CS(=O)(=O)CCN1Cc1occc1CNC(C)(C)C. The molecule has 1 aromatic rings. The Bertz CT molecular complexity index is 572. The highest BCUT2D eigenvalue weighted by Gasteiger charge is 2.29. The molecule has 0 aromatic carbocycles. The second-order valence-corrected chi connectivity index (χ2v) is 9.14. The maximum atomic E-state index is 11.6. The molecule has 0 amide bonds. The van der Waals surface area contributed by atoms with Crippen molar-refractivity contribution in [3.8, 4) is 0 Å². The molecule has 1 N–H and O–H groups in total. The molecule has 2 heterocycles. The Morgan fingerprint density at radius 2 is 2.14 bits per heavy atom. The van der Waals surface area contributed by atoms with E-state index in [1.165, 1.54) is 0 Å². The normalized spacial score (nSPS) is 23.3. The zero-order chi connectivity index (χ0) is 15.7. The Morgan fingerprint density at radius 3 is 2.76 bits per heavy atom. The molecule has 120 valence electrons. The minimum absolute atomic E-state index is 0.0391. The van der Waals surface area contributed by atoms with E-state index in [9.17, 15) is 8.42 Å². The van der Waals surface area contributed by atoms with Gasteiger partial charge in [0.05, 0.1) is 24.3 Å². The number of furan rings is 1. The van der Waals surface area contributed by atoms with Crippen LogP contribution in [0.4, 0.5) is 0 Å². The quantitative estimate of drug-likeness (QED) is 0.918. The first-order chi connectivity index (χ1) is 9.66. The summed E-state index contributed by atoms with van der Waals surface area (Å²) in [6, 6.07) is 2.02. The molecule has 1 aliphatic heterocycles. The summed E-state index contributed by atoms with van der Waals surface area (Å²) in [5, 5.41) is 3.45. The van der Waals surface area contributed by atoms with Gasteiger partial charge in [0.15, 0.2) is 9.84 Å². The lowest BCUT2D eigenvalue weighted by Crippen LogP contribution is -2.46. The molecule has 0 spiro atoms. The van der Waals surface area contributed by atoms with Gasteiger partial charge in [-0.2, -0.15) is 0 Å². The molecule has 1 aromatic heterocycles. The molecule has 5 nitrogen and oxygen atoms in total. The summed E-state index contributed by atoms with van der Waals surface area (Å²) in [6.07, 6.45) is 1.71. The minimum Gasteiger partial charge on any atom is -0.468 e. The summed E-state index contributed by atoms with van der Waals surface area (Å²) < 4.78 is 28.9. The summed E-state index contributed by atoms with van der Waals surface area (Å²) in [7, 11) is -2.87. The number of sulfone groups is 1. The predicted octanol–water partition coefficient (Wildman–Crippen LogP) is 1.79. The van der Waals surface area contributed by atoms with Crippen LogP contribution in [0, 0.1) is 0 Å². The third-order valence-electron chi connectivity index (χ3n) is 3.80. The van der Waals surface area contributed by atoms with E-state index in [0.29, 0.717) is 13.1 Å². The summed E-state index contributed by atoms with van der Waals surface area (Å²) in [4.78, 5) is 2.18. The van der Waals surface area contributed by atoms with Crippen molar-refractivity contribution in [2.45, 2.75) is 52.4 Å². The maximum absolute atomic E-state index is 11.6. The van der Waals surface area contributed by atoms with Crippen LogP contribution in [-0.4, -0.2) is 42.9 Å². The Morgan fingerprint density at radius 1 is 1.43 bits per heavy atom. The van der Waals surface area contributed by atoms with E-state index < -0.39 is 9.84 Å². The second-order valence-electron chi connectivity index (χ2n) is 6.91. The summed E-state index contributed by atoms with van der Waals surface area (Å²) >= 11 is 0. The number of hydrogen-bond donors (Lipinski definition) is 1. The van der Waals surface area contributed by atoms with Crippen LogP contribution in [0.15, 0.2) is 16.7 Å². The fourth-order valence-corrected chi connectivity index (χ4v) is 4.10. The van der Waals surface area contributed by atoms with Gasteiger partial charge in [-0.25, -0.2) is 8.42 Å². The van der Waals surface area contributed by atoms with E-state index in [-0.39, 0.29) is 23.1 Å². The first-order valence-electron chi connectivity index (χ1n) is 7.41. The van der Waals surface area contributed by atoms with Crippen LogP contribution in [0.2, 0.25) is 0 Å². The summed E-state index contributed by atoms with van der Waals surface area (Å²) in [6.45, 7) is 10.4. The molecule has 1 aliphatic rings. The van der Waals surface area contributed by atoms with E-state index in [1.54, 1.807) is 6.26 Å². The number of rotatable bonds is 4. The Balaban J connectivity index is 1.99. The highest BCUT2D eigenvalue weighted by Crippen LogP contribution is 2.19. The van der Waals surface area contributed by atoms with Gasteiger partial charge in [-0.15, -0.1) is 0 Å². The van der Waals surface area contributed by atoms with E-state index in [1.807, 2.05) is 13.0 Å². The fourth-order valence-electron chi connectivity index (χ4n) is 2.48. The van der Waals surface area contributed by atoms with Crippen molar-refractivity contribution in [1.82, 2.24) is 10.2 Å². The molecule has 0 saturated carbocycles. The van der Waals surface area contributed by atoms with Gasteiger partial charge in [0, 0.05) is 30.2 Å². The van der Waals surface area contributed by atoms with E-state index in [2.05, 4.69) is 31.0 Å². The third kappa shape index (κ3) is 4.83. The lowest BCUT2D eigenvalue weighted by molar-refractivity contribution is 0.200. The van der Waals surface area contributed by atoms with Gasteiger partial charge in [0.2, 0.25) is 0 Å². The molecule has 1 fully saturated rings. The Labute approximate surface area is 127 Å². The molecule has 1 atom stereocenters. The van der Waals surface area contributed by atoms with Crippen molar-refractivity contribution >= 4 is 9.84 Å². The van der Waals surface area contributed by atoms with E-state index in [0.717, 1.165) is 17.9 Å². The van der Waals surface area contributed by atoms with Crippen molar-refractivity contribution < 1.29 is 12.8 Å². The fraction of sp³-hybridized carbons (Fsp3) is 0.733. The zero-order valence-electron chi connectivity index (χ0n) is 13.3. The monoisotopic (exact) mass is 314 g/mol. The smallest absolute Gasteiger partial charge is 0.153 e.